The fourth-order valence-electron chi connectivity index (χ4n) is 2.67. The van der Waals surface area contributed by atoms with Crippen LogP contribution in [0.15, 0.2) is 48.7 Å². The number of anilines is 1. The third-order valence-corrected chi connectivity index (χ3v) is 3.74. The number of aromatic nitrogens is 1. The molecule has 148 valence electrons. The van der Waals surface area contributed by atoms with Crippen LogP contribution < -0.4 is 5.32 Å². The van der Waals surface area contributed by atoms with Crippen molar-refractivity contribution in [1.29, 1.82) is 0 Å². The first-order valence-corrected chi connectivity index (χ1v) is 9.04. The van der Waals surface area contributed by atoms with E-state index in [1.807, 2.05) is 55.4 Å². The molecule has 0 radical (unpaired) electrons. The summed E-state index contributed by atoms with van der Waals surface area (Å²) < 4.78 is 5.28. The highest BCUT2D eigenvalue weighted by Gasteiger charge is 2.18. The van der Waals surface area contributed by atoms with E-state index in [2.05, 4.69) is 10.3 Å². The molecule has 1 amide bonds. The minimum atomic E-state index is -0.602. The van der Waals surface area contributed by atoms with E-state index in [0.717, 1.165) is 23.0 Å². The minimum absolute atomic E-state index is 0.362. The second kappa shape index (κ2) is 9.28. The number of nitrogens with one attached hydrogen (secondary N) is 1. The van der Waals surface area contributed by atoms with Crippen molar-refractivity contribution < 1.29 is 14.3 Å². The SMILES string of the molecule is CN(C)CC(=C(C=O)c1ccccc1)c1ccnc(NC(=O)OC(C)(C)C)c1. The van der Waals surface area contributed by atoms with Crippen LogP contribution in [0.3, 0.4) is 0 Å². The van der Waals surface area contributed by atoms with Gasteiger partial charge in [-0.3, -0.25) is 10.1 Å². The minimum Gasteiger partial charge on any atom is -0.444 e. The van der Waals surface area contributed by atoms with Crippen molar-refractivity contribution in [2.24, 2.45) is 0 Å². The summed E-state index contributed by atoms with van der Waals surface area (Å²) >= 11 is 0. The summed E-state index contributed by atoms with van der Waals surface area (Å²) in [5.74, 6) is 0.362. The molecule has 0 unspecified atom stereocenters. The third kappa shape index (κ3) is 6.32. The molecule has 0 saturated heterocycles. The van der Waals surface area contributed by atoms with Crippen molar-refractivity contribution in [1.82, 2.24) is 9.88 Å². The molecule has 0 atom stereocenters. The maximum atomic E-state index is 12.0. The quantitative estimate of drug-likeness (QED) is 0.602. The molecule has 1 heterocycles. The molecule has 2 rings (SSSR count). The maximum absolute atomic E-state index is 12.0. The zero-order chi connectivity index (χ0) is 20.7. The van der Waals surface area contributed by atoms with Gasteiger partial charge in [0, 0.05) is 18.3 Å². The number of benzene rings is 1. The Kier molecular flexibility index (Phi) is 7.06. The molecule has 0 spiro atoms. The Labute approximate surface area is 166 Å². The number of carbonyl (C=O) groups is 2. The van der Waals surface area contributed by atoms with Gasteiger partial charge >= 0.3 is 6.09 Å². The van der Waals surface area contributed by atoms with Crippen molar-refractivity contribution in [2.75, 3.05) is 26.0 Å². The standard InChI is InChI=1S/C22H27N3O3/c1-22(2,3)28-21(27)24-20-13-17(11-12-23-20)18(14-25(4)5)19(15-26)16-9-7-6-8-10-16/h6-13,15H,14H2,1-5H3,(H,23,24,27). The first-order chi connectivity index (χ1) is 13.2. The molecule has 2 aromatic rings. The zero-order valence-electron chi connectivity index (χ0n) is 17.0. The fraction of sp³-hybridized carbons (Fsp3) is 0.318. The van der Waals surface area contributed by atoms with Gasteiger partial charge in [0.15, 0.2) is 6.29 Å². The van der Waals surface area contributed by atoms with E-state index in [1.165, 1.54) is 0 Å². The number of carbonyl (C=O) groups excluding carboxylic acids is 2. The van der Waals surface area contributed by atoms with E-state index in [-0.39, 0.29) is 0 Å². The topological polar surface area (TPSA) is 71.5 Å². The van der Waals surface area contributed by atoms with Crippen molar-refractivity contribution in [3.8, 4) is 0 Å². The molecule has 6 heteroatoms. The largest absolute Gasteiger partial charge is 0.444 e. The first-order valence-electron chi connectivity index (χ1n) is 9.04. The Morgan fingerprint density at radius 3 is 2.39 bits per heavy atom. The smallest absolute Gasteiger partial charge is 0.413 e. The molecule has 1 N–H and O–H groups in total. The summed E-state index contributed by atoms with van der Waals surface area (Å²) in [6.07, 6.45) is 1.90. The first kappa shape index (κ1) is 21.3. The normalized spacial score (nSPS) is 12.4. The zero-order valence-corrected chi connectivity index (χ0v) is 17.0. The average Bonchev–Trinajstić information content (AvgIpc) is 2.60. The number of likely N-dealkylation sites (N-methyl/N-ethyl adjacent to an activating group) is 1. The van der Waals surface area contributed by atoms with Crippen LogP contribution in [0.25, 0.3) is 11.1 Å². The van der Waals surface area contributed by atoms with Crippen LogP contribution in [0.1, 0.15) is 31.9 Å². The molecule has 0 aliphatic heterocycles. The van der Waals surface area contributed by atoms with E-state index in [1.54, 1.807) is 33.0 Å². The Morgan fingerprint density at radius 2 is 1.82 bits per heavy atom. The molecular weight excluding hydrogens is 354 g/mol. The highest BCUT2D eigenvalue weighted by Crippen LogP contribution is 2.27. The number of aldehydes is 1. The van der Waals surface area contributed by atoms with Gasteiger partial charge in [-0.25, -0.2) is 9.78 Å². The van der Waals surface area contributed by atoms with Crippen LogP contribution >= 0.6 is 0 Å². The lowest BCUT2D eigenvalue weighted by Crippen LogP contribution is -2.27. The summed E-state index contributed by atoms with van der Waals surface area (Å²) in [7, 11) is 3.88. The summed E-state index contributed by atoms with van der Waals surface area (Å²) in [5, 5.41) is 2.65. The highest BCUT2D eigenvalue weighted by molar-refractivity contribution is 6.17. The second-order valence-corrected chi connectivity index (χ2v) is 7.67. The van der Waals surface area contributed by atoms with Crippen molar-refractivity contribution in [3.05, 3.63) is 59.8 Å². The summed E-state index contributed by atoms with van der Waals surface area (Å²) in [5.41, 5.74) is 2.49. The number of allylic oxidation sites excluding steroid dienone is 1. The second-order valence-electron chi connectivity index (χ2n) is 7.67. The number of nitrogens with zero attached hydrogens (tertiary/aromatic N) is 2. The molecule has 0 saturated carbocycles. The number of rotatable bonds is 6. The number of hydrogen-bond donors (Lipinski definition) is 1. The lowest BCUT2D eigenvalue weighted by molar-refractivity contribution is -0.103. The van der Waals surface area contributed by atoms with E-state index in [0.29, 0.717) is 17.9 Å². The van der Waals surface area contributed by atoms with Crippen LogP contribution in [0.2, 0.25) is 0 Å². The Hall–Kier alpha value is -2.99. The van der Waals surface area contributed by atoms with Gasteiger partial charge in [0.1, 0.15) is 11.4 Å². The summed E-state index contributed by atoms with van der Waals surface area (Å²) in [6, 6.07) is 13.1. The third-order valence-electron chi connectivity index (χ3n) is 3.74. The molecule has 6 nitrogen and oxygen atoms in total. The van der Waals surface area contributed by atoms with Crippen molar-refractivity contribution in [3.63, 3.8) is 0 Å². The number of hydrogen-bond acceptors (Lipinski definition) is 5. The highest BCUT2D eigenvalue weighted by atomic mass is 16.6. The molecular formula is C22H27N3O3. The Bertz CT molecular complexity index is 853. The number of amides is 1. The van der Waals surface area contributed by atoms with Crippen LogP contribution in [0, 0.1) is 0 Å². The van der Waals surface area contributed by atoms with E-state index in [4.69, 9.17) is 4.74 Å². The van der Waals surface area contributed by atoms with Crippen LogP contribution in [-0.4, -0.2) is 48.5 Å². The molecule has 0 aliphatic rings. The lowest BCUT2D eigenvalue weighted by atomic mass is 9.95. The summed E-state index contributed by atoms with van der Waals surface area (Å²) in [6.45, 7) is 5.94. The predicted octanol–water partition coefficient (Wildman–Crippen LogP) is 4.10. The van der Waals surface area contributed by atoms with Crippen LogP contribution in [0.4, 0.5) is 10.6 Å². The molecule has 28 heavy (non-hydrogen) atoms. The van der Waals surface area contributed by atoms with Crippen molar-refractivity contribution >= 4 is 29.3 Å². The van der Waals surface area contributed by atoms with Gasteiger partial charge in [-0.2, -0.15) is 0 Å². The number of pyridine rings is 1. The monoisotopic (exact) mass is 381 g/mol. The average molecular weight is 381 g/mol. The van der Waals surface area contributed by atoms with Crippen LogP contribution in [0.5, 0.6) is 0 Å². The fourth-order valence-corrected chi connectivity index (χ4v) is 2.67. The van der Waals surface area contributed by atoms with Crippen LogP contribution in [-0.2, 0) is 9.53 Å². The molecule has 0 bridgehead atoms. The Morgan fingerprint density at radius 1 is 1.14 bits per heavy atom. The predicted molar refractivity (Wildman–Crippen MR) is 112 cm³/mol. The van der Waals surface area contributed by atoms with E-state index >= 15 is 0 Å². The molecule has 1 aromatic heterocycles. The maximum Gasteiger partial charge on any atom is 0.413 e. The van der Waals surface area contributed by atoms with Gasteiger partial charge in [0.05, 0.1) is 0 Å². The van der Waals surface area contributed by atoms with Gasteiger partial charge in [0.25, 0.3) is 0 Å². The summed E-state index contributed by atoms with van der Waals surface area (Å²) in [4.78, 5) is 30.2. The van der Waals surface area contributed by atoms with Gasteiger partial charge in [-0.1, -0.05) is 30.3 Å². The molecule has 0 aliphatic carbocycles. The van der Waals surface area contributed by atoms with Gasteiger partial charge < -0.3 is 9.64 Å². The van der Waals surface area contributed by atoms with Gasteiger partial charge in [-0.15, -0.1) is 0 Å². The Balaban J connectivity index is 2.44. The van der Waals surface area contributed by atoms with Crippen molar-refractivity contribution in [2.45, 2.75) is 26.4 Å². The molecule has 0 fully saturated rings. The molecule has 1 aromatic carbocycles. The van der Waals surface area contributed by atoms with Gasteiger partial charge in [0.2, 0.25) is 0 Å². The van der Waals surface area contributed by atoms with E-state index < -0.39 is 11.7 Å². The van der Waals surface area contributed by atoms with Gasteiger partial charge in [-0.05, 0) is 63.7 Å². The number of ether oxygens (including phenoxy) is 1. The van der Waals surface area contributed by atoms with E-state index in [9.17, 15) is 9.59 Å². The lowest BCUT2D eigenvalue weighted by Gasteiger charge is -2.20.